The molecule has 2 atom stereocenters. The SMILES string of the molecule is CC(N)c1csc(N(C)CC2CCCOC2)n1. The second kappa shape index (κ2) is 5.80. The summed E-state index contributed by atoms with van der Waals surface area (Å²) in [5.41, 5.74) is 6.80. The molecule has 0 amide bonds. The fourth-order valence-electron chi connectivity index (χ4n) is 2.08. The number of anilines is 1. The largest absolute Gasteiger partial charge is 0.381 e. The second-order valence-corrected chi connectivity index (χ2v) is 5.64. The highest BCUT2D eigenvalue weighted by atomic mass is 32.1. The molecule has 0 aliphatic carbocycles. The molecule has 2 unspecified atom stereocenters. The Kier molecular flexibility index (Phi) is 4.36. The molecule has 1 saturated heterocycles. The van der Waals surface area contributed by atoms with Crippen molar-refractivity contribution in [3.05, 3.63) is 11.1 Å². The summed E-state index contributed by atoms with van der Waals surface area (Å²) in [5, 5.41) is 3.11. The van der Waals surface area contributed by atoms with Gasteiger partial charge in [0.05, 0.1) is 12.3 Å². The van der Waals surface area contributed by atoms with Crippen molar-refractivity contribution in [1.82, 2.24) is 4.98 Å². The summed E-state index contributed by atoms with van der Waals surface area (Å²) in [5.74, 6) is 0.636. The van der Waals surface area contributed by atoms with Gasteiger partial charge in [0.15, 0.2) is 5.13 Å². The van der Waals surface area contributed by atoms with Crippen molar-refractivity contribution in [3.8, 4) is 0 Å². The summed E-state index contributed by atoms with van der Waals surface area (Å²) in [6, 6.07) is 0.0198. The lowest BCUT2D eigenvalue weighted by Crippen LogP contribution is -2.30. The summed E-state index contributed by atoms with van der Waals surface area (Å²) in [6.45, 7) is 4.79. The molecule has 0 radical (unpaired) electrons. The van der Waals surface area contributed by atoms with Gasteiger partial charge < -0.3 is 15.4 Å². The Morgan fingerprint density at radius 2 is 2.53 bits per heavy atom. The Hall–Kier alpha value is -0.650. The lowest BCUT2D eigenvalue weighted by molar-refractivity contribution is 0.0576. The van der Waals surface area contributed by atoms with E-state index in [1.807, 2.05) is 12.3 Å². The Labute approximate surface area is 107 Å². The zero-order valence-electron chi connectivity index (χ0n) is 10.6. The van der Waals surface area contributed by atoms with Crippen molar-refractivity contribution < 1.29 is 4.74 Å². The lowest BCUT2D eigenvalue weighted by Gasteiger charge is -2.26. The van der Waals surface area contributed by atoms with E-state index in [1.165, 1.54) is 12.8 Å². The average molecular weight is 255 g/mol. The van der Waals surface area contributed by atoms with Crippen LogP contribution in [0.3, 0.4) is 0 Å². The number of aromatic nitrogens is 1. The molecule has 17 heavy (non-hydrogen) atoms. The predicted octanol–water partition coefficient (Wildman–Crippen LogP) is 2.03. The molecule has 1 aromatic heterocycles. The molecular formula is C12H21N3OS. The molecule has 2 rings (SSSR count). The van der Waals surface area contributed by atoms with Crippen LogP contribution in [0.1, 0.15) is 31.5 Å². The molecule has 0 spiro atoms. The summed E-state index contributed by atoms with van der Waals surface area (Å²) < 4.78 is 5.50. The highest BCUT2D eigenvalue weighted by Crippen LogP contribution is 2.24. The Morgan fingerprint density at radius 3 is 3.12 bits per heavy atom. The monoisotopic (exact) mass is 255 g/mol. The highest BCUT2D eigenvalue weighted by Gasteiger charge is 2.17. The van der Waals surface area contributed by atoms with Crippen LogP contribution in [0.4, 0.5) is 5.13 Å². The van der Waals surface area contributed by atoms with Crippen LogP contribution in [0.15, 0.2) is 5.38 Å². The summed E-state index contributed by atoms with van der Waals surface area (Å²) in [4.78, 5) is 6.77. The van der Waals surface area contributed by atoms with Crippen molar-refractivity contribution in [3.63, 3.8) is 0 Å². The number of hydrogen-bond donors (Lipinski definition) is 1. The van der Waals surface area contributed by atoms with Crippen LogP contribution in [0.25, 0.3) is 0 Å². The molecule has 1 aliphatic heterocycles. The standard InChI is InChI=1S/C12H21N3OS/c1-9(13)11-8-17-12(14-11)15(2)6-10-4-3-5-16-7-10/h8-10H,3-7,13H2,1-2H3. The van der Waals surface area contributed by atoms with Gasteiger partial charge in [0.25, 0.3) is 0 Å². The van der Waals surface area contributed by atoms with Crippen LogP contribution < -0.4 is 10.6 Å². The zero-order valence-corrected chi connectivity index (χ0v) is 11.4. The molecule has 96 valence electrons. The van der Waals surface area contributed by atoms with E-state index in [4.69, 9.17) is 10.5 Å². The van der Waals surface area contributed by atoms with Gasteiger partial charge >= 0.3 is 0 Å². The third-order valence-electron chi connectivity index (χ3n) is 3.09. The van der Waals surface area contributed by atoms with E-state index in [0.717, 1.165) is 30.6 Å². The van der Waals surface area contributed by atoms with E-state index in [-0.39, 0.29) is 6.04 Å². The zero-order chi connectivity index (χ0) is 12.3. The first-order valence-electron chi connectivity index (χ1n) is 6.16. The van der Waals surface area contributed by atoms with E-state index < -0.39 is 0 Å². The van der Waals surface area contributed by atoms with Gasteiger partial charge in [0.2, 0.25) is 0 Å². The van der Waals surface area contributed by atoms with Crippen LogP contribution in [0.2, 0.25) is 0 Å². The molecule has 0 bridgehead atoms. The molecule has 5 heteroatoms. The summed E-state index contributed by atoms with van der Waals surface area (Å²) in [6.07, 6.45) is 2.44. The fraction of sp³-hybridized carbons (Fsp3) is 0.750. The normalized spacial score (nSPS) is 22.4. The van der Waals surface area contributed by atoms with Crippen LogP contribution in [-0.4, -0.2) is 31.8 Å². The van der Waals surface area contributed by atoms with Crippen LogP contribution in [0, 0.1) is 5.92 Å². The maximum absolute atomic E-state index is 5.82. The van der Waals surface area contributed by atoms with Crippen LogP contribution >= 0.6 is 11.3 Å². The first kappa shape index (κ1) is 12.8. The van der Waals surface area contributed by atoms with Gasteiger partial charge in [0.1, 0.15) is 0 Å². The van der Waals surface area contributed by atoms with Gasteiger partial charge in [-0.05, 0) is 25.7 Å². The summed E-state index contributed by atoms with van der Waals surface area (Å²) >= 11 is 1.67. The number of thiazole rings is 1. The van der Waals surface area contributed by atoms with Gasteiger partial charge in [0, 0.05) is 31.6 Å². The van der Waals surface area contributed by atoms with Crippen molar-refractivity contribution in [2.24, 2.45) is 11.7 Å². The van der Waals surface area contributed by atoms with Gasteiger partial charge in [-0.3, -0.25) is 0 Å². The minimum absolute atomic E-state index is 0.0198. The van der Waals surface area contributed by atoms with E-state index in [1.54, 1.807) is 11.3 Å². The topological polar surface area (TPSA) is 51.4 Å². The Morgan fingerprint density at radius 1 is 1.71 bits per heavy atom. The second-order valence-electron chi connectivity index (χ2n) is 4.81. The van der Waals surface area contributed by atoms with Gasteiger partial charge in [-0.15, -0.1) is 11.3 Å². The van der Waals surface area contributed by atoms with Crippen molar-refractivity contribution in [1.29, 1.82) is 0 Å². The summed E-state index contributed by atoms with van der Waals surface area (Å²) in [7, 11) is 2.10. The number of hydrogen-bond acceptors (Lipinski definition) is 5. The van der Waals surface area contributed by atoms with E-state index in [9.17, 15) is 0 Å². The van der Waals surface area contributed by atoms with Crippen molar-refractivity contribution in [2.75, 3.05) is 31.7 Å². The number of nitrogens with zero attached hydrogens (tertiary/aromatic N) is 2. The molecule has 1 fully saturated rings. The maximum atomic E-state index is 5.82. The fourth-order valence-corrected chi connectivity index (χ4v) is 2.98. The van der Waals surface area contributed by atoms with Crippen molar-refractivity contribution >= 4 is 16.5 Å². The van der Waals surface area contributed by atoms with Crippen molar-refractivity contribution in [2.45, 2.75) is 25.8 Å². The molecule has 2 heterocycles. The lowest BCUT2D eigenvalue weighted by atomic mass is 10.0. The highest BCUT2D eigenvalue weighted by molar-refractivity contribution is 7.13. The van der Waals surface area contributed by atoms with E-state index in [0.29, 0.717) is 5.92 Å². The average Bonchev–Trinajstić information content (AvgIpc) is 2.79. The number of rotatable bonds is 4. The molecule has 0 aromatic carbocycles. The maximum Gasteiger partial charge on any atom is 0.185 e. The first-order valence-corrected chi connectivity index (χ1v) is 7.04. The third kappa shape index (κ3) is 3.40. The Balaban J connectivity index is 1.91. The Bertz CT molecular complexity index is 347. The van der Waals surface area contributed by atoms with Gasteiger partial charge in [-0.2, -0.15) is 0 Å². The molecule has 0 saturated carbocycles. The number of ether oxygens (including phenoxy) is 1. The minimum Gasteiger partial charge on any atom is -0.381 e. The quantitative estimate of drug-likeness (QED) is 0.894. The van der Waals surface area contributed by atoms with Crippen LogP contribution in [0.5, 0.6) is 0 Å². The molecule has 2 N–H and O–H groups in total. The third-order valence-corrected chi connectivity index (χ3v) is 4.06. The molecule has 1 aliphatic rings. The molecule has 1 aromatic rings. The van der Waals surface area contributed by atoms with Gasteiger partial charge in [-0.1, -0.05) is 0 Å². The smallest absolute Gasteiger partial charge is 0.185 e. The van der Waals surface area contributed by atoms with Crippen LogP contribution in [-0.2, 0) is 4.74 Å². The molecule has 4 nitrogen and oxygen atoms in total. The number of nitrogens with two attached hydrogens (primary N) is 1. The van der Waals surface area contributed by atoms with E-state index in [2.05, 4.69) is 16.9 Å². The minimum atomic E-state index is 0.0198. The first-order chi connectivity index (χ1) is 8.16. The molecular weight excluding hydrogens is 234 g/mol. The van der Waals surface area contributed by atoms with E-state index >= 15 is 0 Å². The predicted molar refractivity (Wildman–Crippen MR) is 71.5 cm³/mol. The van der Waals surface area contributed by atoms with Gasteiger partial charge in [-0.25, -0.2) is 4.98 Å².